The molecule has 6 heteroatoms. The molecule has 2 nitrogen and oxygen atoms in total. The van der Waals surface area contributed by atoms with Crippen molar-refractivity contribution in [3.8, 4) is 0 Å². The van der Waals surface area contributed by atoms with Crippen molar-refractivity contribution in [1.29, 1.82) is 0 Å². The van der Waals surface area contributed by atoms with E-state index in [0.717, 1.165) is 18.2 Å². The van der Waals surface area contributed by atoms with Crippen LogP contribution in [0.2, 0.25) is 0 Å². The van der Waals surface area contributed by atoms with Gasteiger partial charge in [0.1, 0.15) is 0 Å². The number of rotatable bonds is 1. The van der Waals surface area contributed by atoms with Gasteiger partial charge in [0.2, 0.25) is 0 Å². The van der Waals surface area contributed by atoms with Gasteiger partial charge in [0, 0.05) is 0 Å². The first-order valence-corrected chi connectivity index (χ1v) is 3.86. The van der Waals surface area contributed by atoms with E-state index in [1.54, 1.807) is 0 Å². The molecule has 0 saturated carbocycles. The smallest absolute Gasteiger partial charge is 0.423 e. The fraction of sp³-hybridized carbons (Fsp3) is 0.250. The Morgan fingerprint density at radius 3 is 2.14 bits per heavy atom. The zero-order valence-electron chi connectivity index (χ0n) is 7.34. The largest absolute Gasteiger partial charge is 0.488 e. The van der Waals surface area contributed by atoms with Gasteiger partial charge in [0.25, 0.3) is 0 Å². The maximum absolute atomic E-state index is 12.2. The number of alkyl halides is 3. The molecule has 0 amide bonds. The van der Waals surface area contributed by atoms with E-state index in [0.29, 0.717) is 0 Å². The zero-order chi connectivity index (χ0) is 10.9. The van der Waals surface area contributed by atoms with Crippen LogP contribution in [0, 0.1) is 6.92 Å². The van der Waals surface area contributed by atoms with Crippen molar-refractivity contribution >= 4 is 12.6 Å². The fourth-order valence-corrected chi connectivity index (χ4v) is 1.14. The van der Waals surface area contributed by atoms with Gasteiger partial charge in [-0.1, -0.05) is 17.7 Å². The Hall–Kier alpha value is -1.01. The van der Waals surface area contributed by atoms with Crippen LogP contribution in [0.4, 0.5) is 13.2 Å². The highest BCUT2D eigenvalue weighted by Gasteiger charge is 2.31. The van der Waals surface area contributed by atoms with Gasteiger partial charge < -0.3 is 10.0 Å². The van der Waals surface area contributed by atoms with Crippen molar-refractivity contribution in [1.82, 2.24) is 0 Å². The van der Waals surface area contributed by atoms with Crippen LogP contribution in [0.3, 0.4) is 0 Å². The van der Waals surface area contributed by atoms with Crippen LogP contribution < -0.4 is 5.46 Å². The number of benzene rings is 1. The standard InChI is InChI=1S/C8H8BF3O2/c1-5-4-6(8(10,11)12)2-3-7(5)9(13)14/h2-4,13-14H,1H3. The molecule has 0 radical (unpaired) electrons. The number of aryl methyl sites for hydroxylation is 1. The average molecular weight is 204 g/mol. The van der Waals surface area contributed by atoms with Crippen LogP contribution in [0.5, 0.6) is 0 Å². The van der Waals surface area contributed by atoms with Crippen LogP contribution in [0.25, 0.3) is 0 Å². The lowest BCUT2D eigenvalue weighted by Gasteiger charge is -2.10. The van der Waals surface area contributed by atoms with E-state index in [4.69, 9.17) is 10.0 Å². The van der Waals surface area contributed by atoms with Crippen molar-refractivity contribution < 1.29 is 23.2 Å². The first-order chi connectivity index (χ1) is 6.32. The van der Waals surface area contributed by atoms with Crippen LogP contribution in [-0.4, -0.2) is 17.2 Å². The zero-order valence-corrected chi connectivity index (χ0v) is 7.34. The van der Waals surface area contributed by atoms with Crippen molar-refractivity contribution in [2.45, 2.75) is 13.1 Å². The summed E-state index contributed by atoms with van der Waals surface area (Å²) in [4.78, 5) is 0. The third-order valence-electron chi connectivity index (χ3n) is 1.88. The fourth-order valence-electron chi connectivity index (χ4n) is 1.14. The number of hydrogen-bond donors (Lipinski definition) is 2. The molecule has 14 heavy (non-hydrogen) atoms. The normalized spacial score (nSPS) is 11.6. The van der Waals surface area contributed by atoms with Crippen molar-refractivity contribution in [2.24, 2.45) is 0 Å². The predicted octanol–water partition coefficient (Wildman–Crippen LogP) is 0.694. The molecule has 0 atom stereocenters. The van der Waals surface area contributed by atoms with Crippen molar-refractivity contribution in [3.05, 3.63) is 29.3 Å². The quantitative estimate of drug-likeness (QED) is 0.660. The molecular weight excluding hydrogens is 196 g/mol. The average Bonchev–Trinajstić information content (AvgIpc) is 2.01. The minimum Gasteiger partial charge on any atom is -0.423 e. The second-order valence-corrected chi connectivity index (χ2v) is 2.94. The Labute approximate surface area is 79.1 Å². The summed E-state index contributed by atoms with van der Waals surface area (Å²) in [7, 11) is -1.74. The molecule has 1 aromatic carbocycles. The summed E-state index contributed by atoms with van der Waals surface area (Å²) in [6.45, 7) is 1.39. The molecule has 76 valence electrons. The molecule has 0 heterocycles. The maximum Gasteiger partial charge on any atom is 0.488 e. The molecule has 0 fully saturated rings. The highest BCUT2D eigenvalue weighted by atomic mass is 19.4. The summed E-state index contributed by atoms with van der Waals surface area (Å²) in [5.41, 5.74) is -0.507. The molecule has 0 aliphatic carbocycles. The Morgan fingerprint density at radius 2 is 1.79 bits per heavy atom. The van der Waals surface area contributed by atoms with Crippen LogP contribution in [-0.2, 0) is 6.18 Å². The van der Waals surface area contributed by atoms with Crippen molar-refractivity contribution in [3.63, 3.8) is 0 Å². The van der Waals surface area contributed by atoms with Gasteiger partial charge in [-0.15, -0.1) is 0 Å². The summed E-state index contributed by atoms with van der Waals surface area (Å²) in [6, 6.07) is 2.76. The van der Waals surface area contributed by atoms with Gasteiger partial charge in [-0.2, -0.15) is 13.2 Å². The summed E-state index contributed by atoms with van der Waals surface area (Å²) in [5.74, 6) is 0. The monoisotopic (exact) mass is 204 g/mol. The summed E-state index contributed by atoms with van der Waals surface area (Å²) in [6.07, 6.45) is -4.40. The molecule has 1 rings (SSSR count). The molecule has 0 aliphatic rings. The van der Waals surface area contributed by atoms with Crippen LogP contribution >= 0.6 is 0 Å². The molecule has 1 aromatic rings. The van der Waals surface area contributed by atoms with E-state index in [2.05, 4.69) is 0 Å². The van der Waals surface area contributed by atoms with Gasteiger partial charge in [0.15, 0.2) is 0 Å². The molecule has 0 aliphatic heterocycles. The van der Waals surface area contributed by atoms with Gasteiger partial charge in [-0.25, -0.2) is 0 Å². The lowest BCUT2D eigenvalue weighted by Crippen LogP contribution is -2.32. The molecule has 0 unspecified atom stereocenters. The molecule has 0 bridgehead atoms. The minimum absolute atomic E-state index is 0.0815. The third-order valence-corrected chi connectivity index (χ3v) is 1.88. The SMILES string of the molecule is Cc1cc(C(F)(F)F)ccc1B(O)O. The lowest BCUT2D eigenvalue weighted by atomic mass is 9.77. The maximum atomic E-state index is 12.2. The lowest BCUT2D eigenvalue weighted by molar-refractivity contribution is -0.137. The van der Waals surface area contributed by atoms with Crippen molar-refractivity contribution in [2.75, 3.05) is 0 Å². The first-order valence-electron chi connectivity index (χ1n) is 3.86. The van der Waals surface area contributed by atoms with Gasteiger partial charge in [-0.3, -0.25) is 0 Å². The summed E-state index contributed by atoms with van der Waals surface area (Å²) < 4.78 is 36.5. The molecular formula is C8H8BF3O2. The highest BCUT2D eigenvalue weighted by Crippen LogP contribution is 2.28. The summed E-state index contributed by atoms with van der Waals surface area (Å²) in [5, 5.41) is 17.5. The van der Waals surface area contributed by atoms with E-state index in [1.807, 2.05) is 0 Å². The molecule has 0 spiro atoms. The topological polar surface area (TPSA) is 40.5 Å². The molecule has 0 saturated heterocycles. The van der Waals surface area contributed by atoms with Gasteiger partial charge >= 0.3 is 13.3 Å². The number of hydrogen-bond acceptors (Lipinski definition) is 2. The van der Waals surface area contributed by atoms with E-state index >= 15 is 0 Å². The predicted molar refractivity (Wildman–Crippen MR) is 46.0 cm³/mol. The Bertz CT molecular complexity index is 336. The van der Waals surface area contributed by atoms with E-state index in [9.17, 15) is 13.2 Å². The third kappa shape index (κ3) is 2.27. The summed E-state index contributed by atoms with van der Waals surface area (Å²) >= 11 is 0. The van der Waals surface area contributed by atoms with Crippen LogP contribution in [0.1, 0.15) is 11.1 Å². The van der Waals surface area contributed by atoms with Gasteiger partial charge in [0.05, 0.1) is 5.56 Å². The molecule has 0 aromatic heterocycles. The highest BCUT2D eigenvalue weighted by molar-refractivity contribution is 6.59. The first kappa shape index (κ1) is 11.1. The second-order valence-electron chi connectivity index (χ2n) is 2.94. The minimum atomic E-state index is -4.40. The molecule has 2 N–H and O–H groups in total. The van der Waals surface area contributed by atoms with E-state index < -0.39 is 18.9 Å². The van der Waals surface area contributed by atoms with Crippen LogP contribution in [0.15, 0.2) is 18.2 Å². The second kappa shape index (κ2) is 3.63. The Morgan fingerprint density at radius 1 is 1.21 bits per heavy atom. The Balaban J connectivity index is 3.13. The van der Waals surface area contributed by atoms with Gasteiger partial charge in [-0.05, 0) is 18.5 Å². The Kier molecular flexibility index (Phi) is 2.87. The number of halogens is 3. The van der Waals surface area contributed by atoms with E-state index in [-0.39, 0.29) is 11.0 Å². The van der Waals surface area contributed by atoms with E-state index in [1.165, 1.54) is 6.92 Å².